The van der Waals surface area contributed by atoms with E-state index in [1.165, 1.54) is 10.4 Å². The molecule has 1 aromatic carbocycles. The van der Waals surface area contributed by atoms with Crippen LogP contribution < -0.4 is 5.73 Å². The van der Waals surface area contributed by atoms with E-state index in [0.717, 1.165) is 5.75 Å². The molecule has 0 aliphatic carbocycles. The molecule has 2 N–H and O–H groups in total. The maximum atomic E-state index is 5.81. The van der Waals surface area contributed by atoms with Crippen LogP contribution >= 0.6 is 23.1 Å². The van der Waals surface area contributed by atoms with Crippen LogP contribution in [0, 0.1) is 0 Å². The molecule has 1 unspecified atom stereocenters. The van der Waals surface area contributed by atoms with Crippen molar-refractivity contribution in [1.82, 2.24) is 0 Å². The van der Waals surface area contributed by atoms with Crippen LogP contribution in [0.4, 0.5) is 0 Å². The maximum Gasteiger partial charge on any atom is 0.0516 e. The zero-order chi connectivity index (χ0) is 11.2. The minimum Gasteiger partial charge on any atom is -0.329 e. The lowest BCUT2D eigenvalue weighted by Gasteiger charge is -2.12. The first-order valence-corrected chi connectivity index (χ1v) is 7.22. The highest BCUT2D eigenvalue weighted by Crippen LogP contribution is 2.33. The van der Waals surface area contributed by atoms with Crippen molar-refractivity contribution < 1.29 is 0 Å². The van der Waals surface area contributed by atoms with Gasteiger partial charge < -0.3 is 5.73 Å². The number of nitrogens with two attached hydrogens (primary N) is 1. The smallest absolute Gasteiger partial charge is 0.0516 e. The molecule has 1 atom stereocenters. The van der Waals surface area contributed by atoms with Crippen LogP contribution in [-0.2, 0) is 5.75 Å². The van der Waals surface area contributed by atoms with Gasteiger partial charge in [-0.05, 0) is 17.0 Å². The van der Waals surface area contributed by atoms with Crippen molar-refractivity contribution in [3.63, 3.8) is 0 Å². The van der Waals surface area contributed by atoms with Crippen LogP contribution in [0.2, 0.25) is 0 Å². The molecular weight excluding hydrogens is 234 g/mol. The molecule has 1 nitrogen and oxygen atoms in total. The monoisotopic (exact) mass is 249 g/mol. The van der Waals surface area contributed by atoms with Gasteiger partial charge in [-0.1, -0.05) is 36.4 Å². The second-order valence-electron chi connectivity index (χ2n) is 3.54. The molecule has 0 spiro atoms. The number of rotatable bonds is 5. The predicted molar refractivity (Wildman–Crippen MR) is 73.9 cm³/mol. The average Bonchev–Trinajstić information content (AvgIpc) is 2.85. The van der Waals surface area contributed by atoms with Gasteiger partial charge in [0, 0.05) is 17.2 Å². The molecule has 0 aliphatic heterocycles. The zero-order valence-corrected chi connectivity index (χ0v) is 10.6. The van der Waals surface area contributed by atoms with Gasteiger partial charge in [-0.2, -0.15) is 0 Å². The van der Waals surface area contributed by atoms with E-state index in [0.29, 0.717) is 11.8 Å². The Morgan fingerprint density at radius 2 is 1.94 bits per heavy atom. The van der Waals surface area contributed by atoms with Crippen molar-refractivity contribution in [2.75, 3.05) is 6.54 Å². The van der Waals surface area contributed by atoms with Crippen molar-refractivity contribution in [3.05, 3.63) is 58.3 Å². The second-order valence-corrected chi connectivity index (χ2v) is 5.71. The summed E-state index contributed by atoms with van der Waals surface area (Å²) >= 11 is 3.71. The van der Waals surface area contributed by atoms with Gasteiger partial charge in [-0.25, -0.2) is 0 Å². The summed E-state index contributed by atoms with van der Waals surface area (Å²) in [6.07, 6.45) is 0. The largest absolute Gasteiger partial charge is 0.329 e. The van der Waals surface area contributed by atoms with E-state index in [1.54, 1.807) is 11.3 Å². The summed E-state index contributed by atoms with van der Waals surface area (Å²) in [6.45, 7) is 0.706. The molecule has 0 bridgehead atoms. The van der Waals surface area contributed by atoms with Crippen LogP contribution in [0.15, 0.2) is 47.8 Å². The van der Waals surface area contributed by atoms with Crippen molar-refractivity contribution in [2.45, 2.75) is 11.0 Å². The highest BCUT2D eigenvalue weighted by Gasteiger charge is 2.10. The van der Waals surface area contributed by atoms with Gasteiger partial charge in [0.05, 0.1) is 5.25 Å². The molecule has 16 heavy (non-hydrogen) atoms. The summed E-state index contributed by atoms with van der Waals surface area (Å²) in [5.74, 6) is 1.03. The SMILES string of the molecule is NCC(SCc1ccccc1)c1cccs1. The summed E-state index contributed by atoms with van der Waals surface area (Å²) in [4.78, 5) is 1.38. The van der Waals surface area contributed by atoms with E-state index in [-0.39, 0.29) is 0 Å². The number of benzene rings is 1. The first kappa shape index (κ1) is 11.7. The highest BCUT2D eigenvalue weighted by molar-refractivity contribution is 7.98. The molecule has 0 saturated heterocycles. The molecule has 3 heteroatoms. The number of thioether (sulfide) groups is 1. The molecule has 2 rings (SSSR count). The third-order valence-corrected chi connectivity index (χ3v) is 4.85. The molecule has 1 heterocycles. The van der Waals surface area contributed by atoms with Crippen LogP contribution in [0.25, 0.3) is 0 Å². The fourth-order valence-electron chi connectivity index (χ4n) is 1.51. The van der Waals surface area contributed by atoms with Gasteiger partial charge in [0.1, 0.15) is 0 Å². The number of hydrogen-bond acceptors (Lipinski definition) is 3. The average molecular weight is 249 g/mol. The standard InChI is InChI=1S/C13H15NS2/c14-9-13(12-7-4-8-15-12)16-10-11-5-2-1-3-6-11/h1-8,13H,9-10,14H2. The lowest BCUT2D eigenvalue weighted by Crippen LogP contribution is -2.08. The Kier molecular flexibility index (Phi) is 4.45. The summed E-state index contributed by atoms with van der Waals surface area (Å²) in [6, 6.07) is 14.8. The molecule has 0 saturated carbocycles. The van der Waals surface area contributed by atoms with Crippen molar-refractivity contribution >= 4 is 23.1 Å². The van der Waals surface area contributed by atoms with Crippen molar-refractivity contribution in [3.8, 4) is 0 Å². The Labute approximate surface area is 105 Å². The fraction of sp³-hybridized carbons (Fsp3) is 0.231. The summed E-state index contributed by atoms with van der Waals surface area (Å²) in [5, 5.41) is 2.54. The van der Waals surface area contributed by atoms with E-state index in [4.69, 9.17) is 5.73 Å². The zero-order valence-electron chi connectivity index (χ0n) is 9.00. The molecule has 0 amide bonds. The van der Waals surface area contributed by atoms with Gasteiger partial charge in [0.2, 0.25) is 0 Å². The van der Waals surface area contributed by atoms with Crippen LogP contribution in [-0.4, -0.2) is 6.54 Å². The van der Waals surface area contributed by atoms with Gasteiger partial charge in [0.25, 0.3) is 0 Å². The van der Waals surface area contributed by atoms with Gasteiger partial charge in [-0.3, -0.25) is 0 Å². The maximum absolute atomic E-state index is 5.81. The lowest BCUT2D eigenvalue weighted by molar-refractivity contribution is 0.960. The topological polar surface area (TPSA) is 26.0 Å². The highest BCUT2D eigenvalue weighted by atomic mass is 32.2. The lowest BCUT2D eigenvalue weighted by atomic mass is 10.2. The Bertz CT molecular complexity index is 397. The molecule has 2 aromatic rings. The van der Waals surface area contributed by atoms with Crippen molar-refractivity contribution in [2.24, 2.45) is 5.73 Å². The van der Waals surface area contributed by atoms with Gasteiger partial charge in [0.15, 0.2) is 0 Å². The van der Waals surface area contributed by atoms with Crippen LogP contribution in [0.5, 0.6) is 0 Å². The van der Waals surface area contributed by atoms with Crippen LogP contribution in [0.3, 0.4) is 0 Å². The quantitative estimate of drug-likeness (QED) is 0.874. The molecular formula is C13H15NS2. The van der Waals surface area contributed by atoms with Gasteiger partial charge >= 0.3 is 0 Å². The van der Waals surface area contributed by atoms with E-state index in [9.17, 15) is 0 Å². The Morgan fingerprint density at radius 1 is 1.12 bits per heavy atom. The summed E-state index contributed by atoms with van der Waals surface area (Å²) in [5.41, 5.74) is 7.18. The molecule has 84 valence electrons. The van der Waals surface area contributed by atoms with E-state index >= 15 is 0 Å². The molecule has 1 aromatic heterocycles. The third kappa shape index (κ3) is 3.11. The fourth-order valence-corrected chi connectivity index (χ4v) is 3.57. The Balaban J connectivity index is 1.94. The second kappa shape index (κ2) is 6.09. The molecule has 0 fully saturated rings. The Morgan fingerprint density at radius 3 is 2.56 bits per heavy atom. The third-order valence-electron chi connectivity index (χ3n) is 2.37. The molecule has 0 radical (unpaired) electrons. The van der Waals surface area contributed by atoms with E-state index in [2.05, 4.69) is 41.8 Å². The number of thiophene rings is 1. The minimum absolute atomic E-state index is 0.431. The summed E-state index contributed by atoms with van der Waals surface area (Å²) in [7, 11) is 0. The van der Waals surface area contributed by atoms with Crippen molar-refractivity contribution in [1.29, 1.82) is 0 Å². The van der Waals surface area contributed by atoms with Gasteiger partial charge in [-0.15, -0.1) is 23.1 Å². The molecule has 0 aliphatic rings. The first-order chi connectivity index (χ1) is 7.90. The number of hydrogen-bond donors (Lipinski definition) is 1. The summed E-state index contributed by atoms with van der Waals surface area (Å²) < 4.78 is 0. The van der Waals surface area contributed by atoms with E-state index in [1.807, 2.05) is 17.8 Å². The van der Waals surface area contributed by atoms with E-state index < -0.39 is 0 Å². The Hall–Kier alpha value is -0.770. The first-order valence-electron chi connectivity index (χ1n) is 5.29. The minimum atomic E-state index is 0.431. The normalized spacial score (nSPS) is 12.6. The van der Waals surface area contributed by atoms with Crippen LogP contribution in [0.1, 0.15) is 15.7 Å². The predicted octanol–water partition coefficient (Wildman–Crippen LogP) is 3.68.